The van der Waals surface area contributed by atoms with Gasteiger partial charge in [0.05, 0.1) is 26.3 Å². The first-order valence-corrected chi connectivity index (χ1v) is 8.04. The molecule has 6 heteroatoms. The lowest BCUT2D eigenvalue weighted by molar-refractivity contribution is 0.149. The fourth-order valence-electron chi connectivity index (χ4n) is 3.17. The summed E-state index contributed by atoms with van der Waals surface area (Å²) in [6, 6.07) is 4.25. The van der Waals surface area contributed by atoms with Crippen LogP contribution in [0.4, 0.5) is 5.82 Å². The number of anilines is 1. The smallest absolute Gasteiger partial charge is 0.162 e. The Kier molecular flexibility index (Phi) is 4.52. The van der Waals surface area contributed by atoms with Crippen molar-refractivity contribution < 1.29 is 9.47 Å². The highest BCUT2D eigenvalue weighted by Crippen LogP contribution is 2.33. The molecule has 1 aromatic carbocycles. The minimum absolute atomic E-state index is 0.482. The Labute approximate surface area is 136 Å². The third-order valence-electron chi connectivity index (χ3n) is 4.56. The lowest BCUT2D eigenvalue weighted by Gasteiger charge is -2.32. The van der Waals surface area contributed by atoms with Crippen molar-refractivity contribution in [3.8, 4) is 11.5 Å². The number of nitrogens with two attached hydrogens (primary N) is 1. The molecule has 0 radical (unpaired) electrons. The molecule has 1 saturated heterocycles. The summed E-state index contributed by atoms with van der Waals surface area (Å²) in [5.74, 6) is 2.52. The van der Waals surface area contributed by atoms with Crippen molar-refractivity contribution in [2.45, 2.75) is 38.8 Å². The number of hydrogen-bond acceptors (Lipinski definition) is 6. The van der Waals surface area contributed by atoms with Gasteiger partial charge in [-0.1, -0.05) is 6.42 Å². The SMILES string of the molecule is COc1cc2nc(CN3CCCCC3C)nc(N)c2cc1OC. The minimum atomic E-state index is 0.482. The van der Waals surface area contributed by atoms with Gasteiger partial charge in [-0.25, -0.2) is 9.97 Å². The summed E-state index contributed by atoms with van der Waals surface area (Å²) >= 11 is 0. The highest BCUT2D eigenvalue weighted by Gasteiger charge is 2.20. The third kappa shape index (κ3) is 3.17. The zero-order valence-corrected chi connectivity index (χ0v) is 14.0. The Hall–Kier alpha value is -2.08. The van der Waals surface area contributed by atoms with Crippen molar-refractivity contribution in [1.82, 2.24) is 14.9 Å². The van der Waals surface area contributed by atoms with Crippen LogP contribution >= 0.6 is 0 Å². The number of rotatable bonds is 4. The van der Waals surface area contributed by atoms with Crippen LogP contribution in [0.3, 0.4) is 0 Å². The molecular weight excluding hydrogens is 292 g/mol. The zero-order valence-electron chi connectivity index (χ0n) is 14.0. The second kappa shape index (κ2) is 6.58. The van der Waals surface area contributed by atoms with E-state index in [2.05, 4.69) is 21.8 Å². The van der Waals surface area contributed by atoms with Crippen LogP contribution in [0, 0.1) is 0 Å². The van der Waals surface area contributed by atoms with E-state index in [1.54, 1.807) is 14.2 Å². The van der Waals surface area contributed by atoms with E-state index in [1.807, 2.05) is 12.1 Å². The van der Waals surface area contributed by atoms with Gasteiger partial charge in [-0.15, -0.1) is 0 Å². The molecule has 0 aliphatic carbocycles. The van der Waals surface area contributed by atoms with Gasteiger partial charge in [-0.3, -0.25) is 4.90 Å². The molecule has 3 rings (SSSR count). The first-order chi connectivity index (χ1) is 11.1. The monoisotopic (exact) mass is 316 g/mol. The van der Waals surface area contributed by atoms with Gasteiger partial charge in [-0.2, -0.15) is 0 Å². The van der Waals surface area contributed by atoms with Gasteiger partial charge in [0.15, 0.2) is 11.5 Å². The van der Waals surface area contributed by atoms with Gasteiger partial charge in [0.25, 0.3) is 0 Å². The summed E-state index contributed by atoms with van der Waals surface area (Å²) in [6.45, 7) is 4.08. The van der Waals surface area contributed by atoms with Crippen LogP contribution in [0.2, 0.25) is 0 Å². The molecule has 1 atom stereocenters. The van der Waals surface area contributed by atoms with E-state index >= 15 is 0 Å². The van der Waals surface area contributed by atoms with Gasteiger partial charge < -0.3 is 15.2 Å². The van der Waals surface area contributed by atoms with Gasteiger partial charge >= 0.3 is 0 Å². The number of fused-ring (bicyclic) bond motifs is 1. The summed E-state index contributed by atoms with van der Waals surface area (Å²) in [6.07, 6.45) is 3.77. The fraction of sp³-hybridized carbons (Fsp3) is 0.529. The van der Waals surface area contributed by atoms with Gasteiger partial charge in [-0.05, 0) is 32.4 Å². The Morgan fingerprint density at radius 1 is 1.17 bits per heavy atom. The molecule has 0 bridgehead atoms. The van der Waals surface area contributed by atoms with Crippen LogP contribution in [0.25, 0.3) is 10.9 Å². The molecule has 6 nitrogen and oxygen atoms in total. The van der Waals surface area contributed by atoms with Crippen molar-refractivity contribution in [2.24, 2.45) is 0 Å². The highest BCUT2D eigenvalue weighted by atomic mass is 16.5. The van der Waals surface area contributed by atoms with Crippen molar-refractivity contribution in [2.75, 3.05) is 26.5 Å². The molecule has 1 aromatic heterocycles. The predicted octanol–water partition coefficient (Wildman–Crippen LogP) is 2.60. The van der Waals surface area contributed by atoms with E-state index < -0.39 is 0 Å². The highest BCUT2D eigenvalue weighted by molar-refractivity contribution is 5.90. The predicted molar refractivity (Wildman–Crippen MR) is 90.8 cm³/mol. The second-order valence-electron chi connectivity index (χ2n) is 6.06. The topological polar surface area (TPSA) is 73.5 Å². The summed E-state index contributed by atoms with van der Waals surface area (Å²) < 4.78 is 10.7. The molecule has 0 amide bonds. The largest absolute Gasteiger partial charge is 0.493 e. The van der Waals surface area contributed by atoms with Crippen LogP contribution < -0.4 is 15.2 Å². The molecule has 0 saturated carbocycles. The number of nitrogen functional groups attached to an aromatic ring is 1. The van der Waals surface area contributed by atoms with Crippen LogP contribution in [0.15, 0.2) is 12.1 Å². The molecule has 2 heterocycles. The minimum Gasteiger partial charge on any atom is -0.493 e. The molecule has 124 valence electrons. The average Bonchev–Trinajstić information content (AvgIpc) is 2.56. The van der Waals surface area contributed by atoms with Crippen molar-refractivity contribution >= 4 is 16.7 Å². The number of piperidine rings is 1. The number of ether oxygens (including phenoxy) is 2. The number of nitrogens with zero attached hydrogens (tertiary/aromatic N) is 3. The zero-order chi connectivity index (χ0) is 16.4. The Balaban J connectivity index is 1.96. The van der Waals surface area contributed by atoms with Crippen LogP contribution in [0.1, 0.15) is 32.0 Å². The number of likely N-dealkylation sites (tertiary alicyclic amines) is 1. The van der Waals surface area contributed by atoms with E-state index in [0.29, 0.717) is 23.4 Å². The number of benzene rings is 1. The lowest BCUT2D eigenvalue weighted by Crippen LogP contribution is -2.37. The molecule has 0 spiro atoms. The summed E-state index contributed by atoms with van der Waals surface area (Å²) in [5, 5.41) is 0.790. The van der Waals surface area contributed by atoms with E-state index in [0.717, 1.165) is 29.8 Å². The third-order valence-corrected chi connectivity index (χ3v) is 4.56. The molecular formula is C17H24N4O2. The molecule has 1 unspecified atom stereocenters. The number of aromatic nitrogens is 2. The first-order valence-electron chi connectivity index (χ1n) is 8.04. The number of methoxy groups -OCH3 is 2. The Morgan fingerprint density at radius 3 is 2.61 bits per heavy atom. The van der Waals surface area contributed by atoms with Crippen LogP contribution in [0.5, 0.6) is 11.5 Å². The molecule has 23 heavy (non-hydrogen) atoms. The Morgan fingerprint density at radius 2 is 1.91 bits per heavy atom. The molecule has 2 N–H and O–H groups in total. The molecule has 2 aromatic rings. The van der Waals surface area contributed by atoms with E-state index in [9.17, 15) is 0 Å². The quantitative estimate of drug-likeness (QED) is 0.934. The van der Waals surface area contributed by atoms with Crippen LogP contribution in [-0.4, -0.2) is 41.7 Å². The molecule has 1 aliphatic rings. The van der Waals surface area contributed by atoms with Crippen molar-refractivity contribution in [3.63, 3.8) is 0 Å². The fourth-order valence-corrected chi connectivity index (χ4v) is 3.17. The van der Waals surface area contributed by atoms with Gasteiger partial charge in [0.1, 0.15) is 11.6 Å². The van der Waals surface area contributed by atoms with E-state index in [-0.39, 0.29) is 0 Å². The summed E-state index contributed by atoms with van der Waals surface area (Å²) in [5.41, 5.74) is 6.93. The van der Waals surface area contributed by atoms with Crippen molar-refractivity contribution in [3.05, 3.63) is 18.0 Å². The maximum Gasteiger partial charge on any atom is 0.162 e. The maximum atomic E-state index is 6.15. The molecule has 1 aliphatic heterocycles. The van der Waals surface area contributed by atoms with E-state index in [4.69, 9.17) is 15.2 Å². The van der Waals surface area contributed by atoms with Crippen molar-refractivity contribution in [1.29, 1.82) is 0 Å². The lowest BCUT2D eigenvalue weighted by atomic mass is 10.0. The summed E-state index contributed by atoms with van der Waals surface area (Å²) in [7, 11) is 3.22. The summed E-state index contributed by atoms with van der Waals surface area (Å²) in [4.78, 5) is 11.6. The normalized spacial score (nSPS) is 19.0. The van der Waals surface area contributed by atoms with Gasteiger partial charge in [0.2, 0.25) is 0 Å². The average molecular weight is 316 g/mol. The standard InChI is InChI=1S/C17H24N4O2/c1-11-6-4-5-7-21(11)10-16-19-13-9-15(23-3)14(22-2)8-12(13)17(18)20-16/h8-9,11H,4-7,10H2,1-3H3,(H2,18,19,20). The van der Waals surface area contributed by atoms with E-state index in [1.165, 1.54) is 19.3 Å². The first kappa shape index (κ1) is 15.8. The molecule has 1 fully saturated rings. The maximum absolute atomic E-state index is 6.15. The van der Waals surface area contributed by atoms with Gasteiger partial charge in [0, 0.05) is 17.5 Å². The second-order valence-corrected chi connectivity index (χ2v) is 6.06. The Bertz CT molecular complexity index is 705. The van der Waals surface area contributed by atoms with Crippen LogP contribution in [-0.2, 0) is 6.54 Å². The number of hydrogen-bond donors (Lipinski definition) is 1.